The van der Waals surface area contributed by atoms with E-state index in [2.05, 4.69) is 19.2 Å². The number of nitrogens with one attached hydrogen (secondary N) is 1. The van der Waals surface area contributed by atoms with Crippen molar-refractivity contribution in [2.24, 2.45) is 0 Å². The Morgan fingerprint density at radius 1 is 1.33 bits per heavy atom. The molecule has 1 aromatic heterocycles. The van der Waals surface area contributed by atoms with Crippen LogP contribution in [0.5, 0.6) is 5.75 Å². The second-order valence-electron chi connectivity index (χ2n) is 5.16. The lowest BCUT2D eigenvalue weighted by Crippen LogP contribution is -2.15. The van der Waals surface area contributed by atoms with Gasteiger partial charge in [0.25, 0.3) is 0 Å². The first-order chi connectivity index (χ1) is 10.2. The molecule has 0 aliphatic carbocycles. The molecule has 1 atom stereocenters. The number of rotatable bonds is 8. The highest BCUT2D eigenvalue weighted by Gasteiger charge is 2.07. The summed E-state index contributed by atoms with van der Waals surface area (Å²) in [4.78, 5) is 0. The molecular weight excluding hydrogens is 286 g/mol. The fourth-order valence-corrected chi connectivity index (χ4v) is 2.33. The first-order valence-electron chi connectivity index (χ1n) is 7.40. The zero-order chi connectivity index (χ0) is 15.1. The molecule has 0 bridgehead atoms. The van der Waals surface area contributed by atoms with Crippen LogP contribution in [0.1, 0.15) is 32.4 Å². The van der Waals surface area contributed by atoms with Gasteiger partial charge in [0, 0.05) is 18.2 Å². The summed E-state index contributed by atoms with van der Waals surface area (Å²) in [5.74, 6) is 1.76. The fraction of sp³-hybridized carbons (Fsp3) is 0.412. The van der Waals surface area contributed by atoms with Crippen molar-refractivity contribution >= 4 is 17.3 Å². The first kappa shape index (κ1) is 15.8. The van der Waals surface area contributed by atoms with Crippen molar-refractivity contribution in [1.29, 1.82) is 0 Å². The number of halogens is 1. The van der Waals surface area contributed by atoms with E-state index in [0.717, 1.165) is 36.5 Å². The Morgan fingerprint density at radius 3 is 2.86 bits per heavy atom. The molecule has 0 amide bonds. The summed E-state index contributed by atoms with van der Waals surface area (Å²) in [5.41, 5.74) is 1.01. The van der Waals surface area contributed by atoms with Crippen LogP contribution < -0.4 is 10.1 Å². The normalized spacial score (nSPS) is 12.1. The Kier molecular flexibility index (Phi) is 6.00. The molecule has 1 heterocycles. The topological polar surface area (TPSA) is 34.4 Å². The number of hydrogen-bond acceptors (Lipinski definition) is 3. The highest BCUT2D eigenvalue weighted by molar-refractivity contribution is 6.32. The Hall–Kier alpha value is -1.61. The van der Waals surface area contributed by atoms with Gasteiger partial charge in [0.1, 0.15) is 11.5 Å². The summed E-state index contributed by atoms with van der Waals surface area (Å²) < 4.78 is 10.9. The largest absolute Gasteiger partial charge is 0.492 e. The molecule has 0 radical (unpaired) electrons. The van der Waals surface area contributed by atoms with Crippen molar-refractivity contribution in [2.45, 2.75) is 39.2 Å². The van der Waals surface area contributed by atoms with Crippen LogP contribution >= 0.6 is 11.6 Å². The molecule has 0 aliphatic rings. The summed E-state index contributed by atoms with van der Waals surface area (Å²) in [6, 6.07) is 10.1. The molecule has 0 saturated heterocycles. The molecule has 1 aromatic carbocycles. The summed E-state index contributed by atoms with van der Waals surface area (Å²) >= 11 is 6.23. The number of benzene rings is 1. The van der Waals surface area contributed by atoms with E-state index in [9.17, 15) is 0 Å². The van der Waals surface area contributed by atoms with E-state index in [0.29, 0.717) is 17.7 Å². The molecule has 0 saturated carbocycles. The third-order valence-corrected chi connectivity index (χ3v) is 3.51. The van der Waals surface area contributed by atoms with E-state index >= 15 is 0 Å². The zero-order valence-corrected chi connectivity index (χ0v) is 13.3. The van der Waals surface area contributed by atoms with Gasteiger partial charge in [-0.05, 0) is 50.1 Å². The highest BCUT2D eigenvalue weighted by Crippen LogP contribution is 2.28. The van der Waals surface area contributed by atoms with Gasteiger partial charge in [-0.25, -0.2) is 0 Å². The third kappa shape index (κ3) is 5.01. The molecule has 0 aliphatic heterocycles. The van der Waals surface area contributed by atoms with Gasteiger partial charge in [-0.1, -0.05) is 18.5 Å². The lowest BCUT2D eigenvalue weighted by molar-refractivity contribution is 0.317. The average molecular weight is 308 g/mol. The van der Waals surface area contributed by atoms with E-state index in [1.807, 2.05) is 30.3 Å². The van der Waals surface area contributed by atoms with Gasteiger partial charge in [0.2, 0.25) is 0 Å². The highest BCUT2D eigenvalue weighted by atomic mass is 35.5. The van der Waals surface area contributed by atoms with Crippen molar-refractivity contribution in [2.75, 3.05) is 11.9 Å². The maximum atomic E-state index is 6.23. The lowest BCUT2D eigenvalue weighted by Gasteiger charge is -2.16. The summed E-state index contributed by atoms with van der Waals surface area (Å²) in [5, 5.41) is 4.09. The minimum Gasteiger partial charge on any atom is -0.492 e. The van der Waals surface area contributed by atoms with Crippen molar-refractivity contribution in [3.8, 4) is 5.75 Å². The minimum atomic E-state index is 0.341. The monoisotopic (exact) mass is 307 g/mol. The molecule has 1 N–H and O–H groups in total. The quantitative estimate of drug-likeness (QED) is 0.732. The van der Waals surface area contributed by atoms with E-state index in [-0.39, 0.29) is 0 Å². The molecule has 2 aromatic rings. The van der Waals surface area contributed by atoms with Crippen LogP contribution in [0.3, 0.4) is 0 Å². The lowest BCUT2D eigenvalue weighted by atomic mass is 10.1. The van der Waals surface area contributed by atoms with Crippen LogP contribution in [-0.4, -0.2) is 12.6 Å². The van der Waals surface area contributed by atoms with Crippen LogP contribution in [0.15, 0.2) is 41.0 Å². The molecule has 0 spiro atoms. The van der Waals surface area contributed by atoms with Gasteiger partial charge in [-0.2, -0.15) is 0 Å². The zero-order valence-electron chi connectivity index (χ0n) is 12.6. The fourth-order valence-electron chi connectivity index (χ4n) is 2.09. The maximum Gasteiger partial charge on any atom is 0.138 e. The van der Waals surface area contributed by atoms with Crippen LogP contribution in [-0.2, 0) is 6.42 Å². The summed E-state index contributed by atoms with van der Waals surface area (Å²) in [6.45, 7) is 4.91. The Labute approximate surface area is 131 Å². The van der Waals surface area contributed by atoms with Gasteiger partial charge in [-0.15, -0.1) is 0 Å². The van der Waals surface area contributed by atoms with Crippen molar-refractivity contribution < 1.29 is 9.15 Å². The third-order valence-electron chi connectivity index (χ3n) is 3.21. The molecule has 4 heteroatoms. The van der Waals surface area contributed by atoms with Crippen LogP contribution in [0.25, 0.3) is 0 Å². The van der Waals surface area contributed by atoms with Gasteiger partial charge in [0.05, 0.1) is 17.9 Å². The smallest absolute Gasteiger partial charge is 0.138 e. The first-order valence-corrected chi connectivity index (χ1v) is 7.78. The average Bonchev–Trinajstić information content (AvgIpc) is 2.98. The van der Waals surface area contributed by atoms with E-state index in [4.69, 9.17) is 20.8 Å². The molecule has 0 fully saturated rings. The van der Waals surface area contributed by atoms with Crippen molar-refractivity contribution in [3.63, 3.8) is 0 Å². The second-order valence-corrected chi connectivity index (χ2v) is 5.56. The summed E-state index contributed by atoms with van der Waals surface area (Å²) in [6.07, 6.45) is 4.61. The Balaban J connectivity index is 1.85. The number of hydrogen-bond donors (Lipinski definition) is 1. The number of anilines is 1. The van der Waals surface area contributed by atoms with Gasteiger partial charge in [0.15, 0.2) is 0 Å². The maximum absolute atomic E-state index is 6.23. The molecule has 21 heavy (non-hydrogen) atoms. The van der Waals surface area contributed by atoms with Crippen LogP contribution in [0, 0.1) is 0 Å². The van der Waals surface area contributed by atoms with Crippen molar-refractivity contribution in [1.82, 2.24) is 0 Å². The van der Waals surface area contributed by atoms with Gasteiger partial charge in [-0.3, -0.25) is 0 Å². The Bertz CT molecular complexity index is 540. The van der Waals surface area contributed by atoms with Gasteiger partial charge < -0.3 is 14.5 Å². The number of ether oxygens (including phenoxy) is 1. The van der Waals surface area contributed by atoms with Crippen molar-refractivity contribution in [3.05, 3.63) is 47.4 Å². The predicted molar refractivity (Wildman–Crippen MR) is 87.4 cm³/mol. The van der Waals surface area contributed by atoms with Gasteiger partial charge >= 0.3 is 0 Å². The molecule has 114 valence electrons. The van der Waals surface area contributed by atoms with E-state index in [1.165, 1.54) is 0 Å². The summed E-state index contributed by atoms with van der Waals surface area (Å²) in [7, 11) is 0. The molecule has 3 nitrogen and oxygen atoms in total. The number of aryl methyl sites for hydroxylation is 1. The standard InChI is InChI=1S/C17H22ClNO2/c1-3-10-21-17-9-7-14(12-16(17)18)19-13(2)6-8-15-5-4-11-20-15/h4-5,7,9,11-13,19H,3,6,8,10H2,1-2H3. The minimum absolute atomic E-state index is 0.341. The number of furan rings is 1. The molecular formula is C17H22ClNO2. The van der Waals surface area contributed by atoms with E-state index in [1.54, 1.807) is 6.26 Å². The van der Waals surface area contributed by atoms with E-state index < -0.39 is 0 Å². The van der Waals surface area contributed by atoms with Crippen LogP contribution in [0.2, 0.25) is 5.02 Å². The second kappa shape index (κ2) is 7.99. The molecule has 2 rings (SSSR count). The molecule has 1 unspecified atom stereocenters. The predicted octanol–water partition coefficient (Wildman–Crippen LogP) is 5.16. The SMILES string of the molecule is CCCOc1ccc(NC(C)CCc2ccco2)cc1Cl. The van der Waals surface area contributed by atoms with Crippen LogP contribution in [0.4, 0.5) is 5.69 Å². The Morgan fingerprint density at radius 2 is 2.19 bits per heavy atom.